The maximum absolute atomic E-state index is 14.4. The van der Waals surface area contributed by atoms with E-state index in [0.717, 1.165) is 11.0 Å². The number of aromatic amines is 1. The SMILES string of the molecule is CN.Fc1c(F)c(F)c(B(c2c(F)c(F)c(F)c(F)c2F)c2c(F)c(F)c(F)c(F)c2F)c(F)c1F.Fc1c(F)c(F)c(B(c2c(F)c(F)c(F)c(F)c2F)c2c(F)c(F)c(F)c(F)c2F)c(F)c1F.c1ccc2[nH]cnc2c1. The maximum Gasteiger partial charge on any atom is 0.265 e. The van der Waals surface area contributed by atoms with Gasteiger partial charge >= 0.3 is 0 Å². The van der Waals surface area contributed by atoms with Gasteiger partial charge in [0.15, 0.2) is 175 Å². The lowest BCUT2D eigenvalue weighted by atomic mass is 9.36. The van der Waals surface area contributed by atoms with E-state index in [-0.39, 0.29) is 0 Å². The molecule has 8 rings (SSSR count). The standard InChI is InChI=1S/2C18BF15.C7H6N2.CH5N/c2*20-4-1(5(21)11(27)16(32)10(4)26)19(2-6(22)12(28)17(33)13(29)7(2)23)3-8(24)14(30)18(34)15(31)9(3)25;1-2-4-7-6(3-1)8-5-9-7;1-2/h;;1-5H,(H,8,9);2H2,1H3. The minimum absolute atomic E-state index is 1.03. The van der Waals surface area contributed by atoms with Crippen LogP contribution in [0.3, 0.4) is 0 Å². The van der Waals surface area contributed by atoms with Crippen molar-refractivity contribution in [1.82, 2.24) is 9.97 Å². The topological polar surface area (TPSA) is 54.7 Å². The first-order valence-corrected chi connectivity index (χ1v) is 19.8. The van der Waals surface area contributed by atoms with Crippen LogP contribution in [0.1, 0.15) is 0 Å². The number of para-hydroxylation sites is 2. The molecule has 0 fully saturated rings. The summed E-state index contributed by atoms with van der Waals surface area (Å²) < 4.78 is 417. The van der Waals surface area contributed by atoms with Gasteiger partial charge < -0.3 is 10.7 Å². The van der Waals surface area contributed by atoms with Crippen molar-refractivity contribution in [3.8, 4) is 0 Å². The van der Waals surface area contributed by atoms with Crippen molar-refractivity contribution in [3.63, 3.8) is 0 Å². The van der Waals surface area contributed by atoms with Crippen LogP contribution < -0.4 is 38.5 Å². The number of halogens is 30. The van der Waals surface area contributed by atoms with Crippen LogP contribution in [0.25, 0.3) is 11.0 Å². The lowest BCUT2D eigenvalue weighted by molar-refractivity contribution is 0.380. The molecule has 8 aromatic rings. The minimum Gasteiger partial charge on any atom is -0.345 e. The molecule has 0 spiro atoms. The van der Waals surface area contributed by atoms with Crippen LogP contribution >= 0.6 is 0 Å². The first-order chi connectivity index (χ1) is 36.8. The third kappa shape index (κ3) is 10.3. The molecule has 1 heterocycles. The normalized spacial score (nSPS) is 11.0. The number of hydrogen-bond acceptors (Lipinski definition) is 2. The van der Waals surface area contributed by atoms with Crippen LogP contribution in [-0.4, -0.2) is 30.4 Å². The number of fused-ring (bicyclic) bond motifs is 1. The molecule has 0 radical (unpaired) electrons. The Hall–Kier alpha value is -8.00. The molecule has 0 aliphatic rings. The Morgan fingerprint density at radius 2 is 0.405 bits per heavy atom. The van der Waals surface area contributed by atoms with E-state index in [1.807, 2.05) is 24.3 Å². The zero-order chi connectivity index (χ0) is 60.0. The highest BCUT2D eigenvalue weighted by molar-refractivity contribution is 6.96. The molecule has 0 unspecified atom stereocenters. The van der Waals surface area contributed by atoms with Gasteiger partial charge in [-0.25, -0.2) is 137 Å². The summed E-state index contributed by atoms with van der Waals surface area (Å²) in [4.78, 5) is 7.07. The minimum atomic E-state index is -3.96. The summed E-state index contributed by atoms with van der Waals surface area (Å²) in [5.41, 5.74) is -9.45. The van der Waals surface area contributed by atoms with Gasteiger partial charge in [-0.05, 0) is 19.2 Å². The molecule has 0 aliphatic heterocycles. The molecule has 0 saturated heterocycles. The van der Waals surface area contributed by atoms with Gasteiger partial charge in [0.2, 0.25) is 0 Å². The Morgan fingerprint density at radius 1 is 0.253 bits per heavy atom. The number of hydrogen-bond donors (Lipinski definition) is 2. The summed E-state index contributed by atoms with van der Waals surface area (Å²) in [7, 11) is 1.50. The van der Waals surface area contributed by atoms with Gasteiger partial charge in [0.1, 0.15) is 0 Å². The number of imidazole rings is 1. The van der Waals surface area contributed by atoms with Gasteiger partial charge in [-0.15, -0.1) is 0 Å². The summed E-state index contributed by atoms with van der Waals surface area (Å²) in [6.07, 6.45) is 1.70. The zero-order valence-electron chi connectivity index (χ0n) is 36.9. The van der Waals surface area contributed by atoms with E-state index < -0.39 is 221 Å². The monoisotopic (exact) mass is 1170 g/mol. The predicted molar refractivity (Wildman–Crippen MR) is 213 cm³/mol. The molecular weight excluding hydrogens is 1160 g/mol. The Morgan fingerprint density at radius 3 is 0.570 bits per heavy atom. The van der Waals surface area contributed by atoms with Crippen LogP contribution in [0.4, 0.5) is 132 Å². The molecule has 0 saturated carbocycles. The van der Waals surface area contributed by atoms with Crippen LogP contribution in [0.2, 0.25) is 0 Å². The highest BCUT2D eigenvalue weighted by Gasteiger charge is 2.47. The first kappa shape index (κ1) is 61.8. The van der Waals surface area contributed by atoms with Crippen LogP contribution in [-0.2, 0) is 0 Å². The predicted octanol–water partition coefficient (Wildman–Crippen LogP) is 9.72. The Kier molecular flexibility index (Phi) is 18.4. The highest BCUT2D eigenvalue weighted by atomic mass is 19.2. The quantitative estimate of drug-likeness (QED) is 0.0755. The summed E-state index contributed by atoms with van der Waals surface area (Å²) in [6.45, 7) is -7.92. The van der Waals surface area contributed by atoms with E-state index >= 15 is 0 Å². The van der Waals surface area contributed by atoms with Crippen molar-refractivity contribution in [2.24, 2.45) is 5.73 Å². The average Bonchev–Trinajstić information content (AvgIpc) is 3.93. The fourth-order valence-corrected chi connectivity index (χ4v) is 7.00. The lowest BCUT2D eigenvalue weighted by Gasteiger charge is -2.21. The largest absolute Gasteiger partial charge is 0.345 e. The van der Waals surface area contributed by atoms with Gasteiger partial charge in [-0.3, -0.25) is 0 Å². The molecule has 418 valence electrons. The van der Waals surface area contributed by atoms with Crippen LogP contribution in [0.15, 0.2) is 30.6 Å². The molecule has 7 aromatic carbocycles. The van der Waals surface area contributed by atoms with E-state index in [0.29, 0.717) is 0 Å². The van der Waals surface area contributed by atoms with Crippen LogP contribution in [0.5, 0.6) is 0 Å². The number of nitrogens with two attached hydrogens (primary N) is 1. The lowest BCUT2D eigenvalue weighted by Crippen LogP contribution is -2.60. The Balaban J connectivity index is 0.000000243. The second-order valence-corrected chi connectivity index (χ2v) is 14.7. The van der Waals surface area contributed by atoms with E-state index in [9.17, 15) is 132 Å². The molecule has 35 heteroatoms. The van der Waals surface area contributed by atoms with Crippen molar-refractivity contribution < 1.29 is 132 Å². The van der Waals surface area contributed by atoms with Crippen molar-refractivity contribution in [1.29, 1.82) is 0 Å². The number of rotatable bonds is 6. The van der Waals surface area contributed by atoms with Crippen molar-refractivity contribution >= 4 is 57.2 Å². The van der Waals surface area contributed by atoms with Crippen molar-refractivity contribution in [2.45, 2.75) is 0 Å². The first-order valence-electron chi connectivity index (χ1n) is 19.8. The van der Waals surface area contributed by atoms with Gasteiger partial charge in [0.05, 0.1) is 17.4 Å². The average molecular weight is 1170 g/mol. The molecule has 0 atom stereocenters. The zero-order valence-corrected chi connectivity index (χ0v) is 36.9. The fourth-order valence-electron chi connectivity index (χ4n) is 7.00. The molecular formula is C44H11B2F30N3. The number of aromatic nitrogens is 2. The summed E-state index contributed by atoms with van der Waals surface area (Å²) in [5, 5.41) is 0. The molecule has 0 aliphatic carbocycles. The number of H-pyrrole nitrogens is 1. The van der Waals surface area contributed by atoms with Gasteiger partial charge in [0, 0.05) is 32.8 Å². The molecule has 1 aromatic heterocycles. The Labute approximate surface area is 416 Å². The van der Waals surface area contributed by atoms with E-state index in [4.69, 9.17) is 0 Å². The van der Waals surface area contributed by atoms with E-state index in [1.165, 1.54) is 7.05 Å². The van der Waals surface area contributed by atoms with Gasteiger partial charge in [-0.2, -0.15) is 0 Å². The molecule has 0 bridgehead atoms. The summed E-state index contributed by atoms with van der Waals surface area (Å²) >= 11 is 0. The Bertz CT molecular complexity index is 3010. The molecule has 3 N–H and O–H groups in total. The second kappa shape index (κ2) is 23.5. The van der Waals surface area contributed by atoms with Crippen molar-refractivity contribution in [2.75, 3.05) is 7.05 Å². The van der Waals surface area contributed by atoms with Crippen LogP contribution in [0, 0.1) is 175 Å². The van der Waals surface area contributed by atoms with E-state index in [2.05, 4.69) is 15.7 Å². The molecule has 0 amide bonds. The fraction of sp³-hybridized carbons (Fsp3) is 0.0227. The highest BCUT2D eigenvalue weighted by Crippen LogP contribution is 2.27. The third-order valence-corrected chi connectivity index (χ3v) is 10.5. The number of nitrogens with zero attached hydrogens (tertiary/aromatic N) is 1. The van der Waals surface area contributed by atoms with Gasteiger partial charge in [-0.1, -0.05) is 12.1 Å². The molecule has 3 nitrogen and oxygen atoms in total. The smallest absolute Gasteiger partial charge is 0.265 e. The number of benzene rings is 7. The van der Waals surface area contributed by atoms with E-state index in [1.54, 1.807) is 6.33 Å². The van der Waals surface area contributed by atoms with Crippen molar-refractivity contribution in [3.05, 3.63) is 205 Å². The third-order valence-electron chi connectivity index (χ3n) is 10.5. The number of nitrogens with one attached hydrogen (secondary N) is 1. The van der Waals surface area contributed by atoms with Gasteiger partial charge in [0.25, 0.3) is 13.4 Å². The maximum atomic E-state index is 14.4. The summed E-state index contributed by atoms with van der Waals surface area (Å²) in [5.74, 6) is -90.4. The second-order valence-electron chi connectivity index (χ2n) is 14.7. The molecule has 79 heavy (non-hydrogen) atoms. The summed E-state index contributed by atoms with van der Waals surface area (Å²) in [6, 6.07) is 7.94.